The zero-order chi connectivity index (χ0) is 29.8. The number of benzene rings is 2. The van der Waals surface area contributed by atoms with E-state index in [0.29, 0.717) is 25.8 Å². The number of alkyl carbamates (subject to hydrolysis) is 1. The molecule has 0 spiro atoms. The molecule has 10 heteroatoms. The topological polar surface area (TPSA) is 148 Å². The van der Waals surface area contributed by atoms with E-state index in [2.05, 4.69) is 5.32 Å². The summed E-state index contributed by atoms with van der Waals surface area (Å²) >= 11 is 0. The lowest BCUT2D eigenvalue weighted by molar-refractivity contribution is -0.174. The molecule has 41 heavy (non-hydrogen) atoms. The molecular formula is C31H39N3O7. The first kappa shape index (κ1) is 30.0. The number of unbranched alkanes of at least 4 members (excludes halogenated alkanes) is 2. The van der Waals surface area contributed by atoms with Gasteiger partial charge in [-0.25, -0.2) is 14.4 Å². The number of ether oxygens (including phenoxy) is 2. The van der Waals surface area contributed by atoms with Crippen molar-refractivity contribution in [3.8, 4) is 11.1 Å². The molecule has 2 aromatic rings. The Morgan fingerprint density at radius 1 is 1.00 bits per heavy atom. The Hall–Kier alpha value is -3.92. The lowest BCUT2D eigenvalue weighted by Crippen LogP contribution is -2.59. The highest BCUT2D eigenvalue weighted by Gasteiger charge is 2.59. The van der Waals surface area contributed by atoms with Gasteiger partial charge in [-0.2, -0.15) is 0 Å². The summed E-state index contributed by atoms with van der Waals surface area (Å²) in [4.78, 5) is 52.2. The molecule has 2 aromatic carbocycles. The van der Waals surface area contributed by atoms with Crippen LogP contribution >= 0.6 is 0 Å². The second-order valence-corrected chi connectivity index (χ2v) is 11.7. The number of hydrogen-bond acceptors (Lipinski definition) is 7. The fraction of sp³-hybridized carbons (Fsp3) is 0.484. The van der Waals surface area contributed by atoms with Crippen LogP contribution in [-0.4, -0.2) is 70.8 Å². The molecule has 4 N–H and O–H groups in total. The number of rotatable bonds is 10. The maximum atomic E-state index is 13.5. The number of aliphatic carboxylic acids is 1. The summed E-state index contributed by atoms with van der Waals surface area (Å²) in [6.07, 6.45) is 1.01. The van der Waals surface area contributed by atoms with Gasteiger partial charge in [-0.3, -0.25) is 4.79 Å². The zero-order valence-electron chi connectivity index (χ0n) is 23.9. The van der Waals surface area contributed by atoms with Crippen LogP contribution in [0.25, 0.3) is 11.1 Å². The molecule has 0 radical (unpaired) electrons. The number of esters is 1. The molecule has 2 atom stereocenters. The Kier molecular flexibility index (Phi) is 9.01. The van der Waals surface area contributed by atoms with E-state index < -0.39 is 41.1 Å². The van der Waals surface area contributed by atoms with E-state index in [-0.39, 0.29) is 31.9 Å². The zero-order valence-corrected chi connectivity index (χ0v) is 23.9. The third kappa shape index (κ3) is 6.53. The lowest BCUT2D eigenvalue weighted by Gasteiger charge is -2.32. The summed E-state index contributed by atoms with van der Waals surface area (Å²) in [5.41, 5.74) is 7.46. The van der Waals surface area contributed by atoms with Crippen molar-refractivity contribution in [2.45, 2.75) is 76.0 Å². The van der Waals surface area contributed by atoms with E-state index in [1.807, 2.05) is 48.5 Å². The van der Waals surface area contributed by atoms with Crippen LogP contribution in [0, 0.1) is 0 Å². The van der Waals surface area contributed by atoms with Crippen molar-refractivity contribution in [3.63, 3.8) is 0 Å². The van der Waals surface area contributed by atoms with Crippen molar-refractivity contribution < 1.29 is 33.8 Å². The molecule has 10 nitrogen and oxygen atoms in total. The third-order valence-electron chi connectivity index (χ3n) is 7.51. The van der Waals surface area contributed by atoms with Crippen LogP contribution in [0.3, 0.4) is 0 Å². The van der Waals surface area contributed by atoms with Gasteiger partial charge in [-0.05, 0) is 55.9 Å². The molecule has 220 valence electrons. The minimum absolute atomic E-state index is 0.0461. The van der Waals surface area contributed by atoms with Crippen molar-refractivity contribution in [3.05, 3.63) is 59.7 Å². The third-order valence-corrected chi connectivity index (χ3v) is 7.51. The van der Waals surface area contributed by atoms with E-state index in [1.54, 1.807) is 20.8 Å². The van der Waals surface area contributed by atoms with Gasteiger partial charge >= 0.3 is 18.0 Å². The van der Waals surface area contributed by atoms with E-state index in [1.165, 1.54) is 0 Å². The van der Waals surface area contributed by atoms with Crippen molar-refractivity contribution >= 4 is 23.9 Å². The number of nitrogens with two attached hydrogens (primary N) is 1. The van der Waals surface area contributed by atoms with Crippen molar-refractivity contribution in [1.82, 2.24) is 10.2 Å². The number of hydrogen-bond donors (Lipinski definition) is 3. The van der Waals surface area contributed by atoms with Crippen LogP contribution in [0.2, 0.25) is 0 Å². The van der Waals surface area contributed by atoms with E-state index in [9.17, 15) is 24.3 Å². The molecule has 1 heterocycles. The summed E-state index contributed by atoms with van der Waals surface area (Å²) < 4.78 is 10.9. The van der Waals surface area contributed by atoms with Crippen LogP contribution in [0.15, 0.2) is 48.5 Å². The molecule has 0 aromatic heterocycles. The average Bonchev–Trinajstić information content (AvgIpc) is 3.44. The number of carbonyl (C=O) groups excluding carboxylic acids is 3. The summed E-state index contributed by atoms with van der Waals surface area (Å²) in [7, 11) is 0. The predicted octanol–water partition coefficient (Wildman–Crippen LogP) is 3.81. The highest BCUT2D eigenvalue weighted by molar-refractivity contribution is 6.07. The summed E-state index contributed by atoms with van der Waals surface area (Å²) in [5.74, 6) is -3.13. The fourth-order valence-electron chi connectivity index (χ4n) is 5.68. The first-order chi connectivity index (χ1) is 19.4. The monoisotopic (exact) mass is 565 g/mol. The summed E-state index contributed by atoms with van der Waals surface area (Å²) in [6.45, 7) is 5.63. The van der Waals surface area contributed by atoms with Crippen LogP contribution in [0.4, 0.5) is 4.79 Å². The number of nitrogens with one attached hydrogen (secondary N) is 1. The van der Waals surface area contributed by atoms with Gasteiger partial charge in [0.25, 0.3) is 0 Å². The van der Waals surface area contributed by atoms with Gasteiger partial charge in [-0.1, -0.05) is 55.0 Å². The second kappa shape index (κ2) is 12.3. The molecule has 2 aliphatic rings. The van der Waals surface area contributed by atoms with Gasteiger partial charge in [0.05, 0.1) is 0 Å². The summed E-state index contributed by atoms with van der Waals surface area (Å²) in [5, 5.41) is 12.9. The van der Waals surface area contributed by atoms with Crippen LogP contribution in [-0.2, 0) is 23.9 Å². The predicted molar refractivity (Wildman–Crippen MR) is 152 cm³/mol. The Morgan fingerprint density at radius 2 is 1.61 bits per heavy atom. The number of nitrogens with zero attached hydrogens (tertiary/aromatic N) is 1. The molecule has 1 aliphatic heterocycles. The molecule has 1 saturated heterocycles. The Balaban J connectivity index is 1.37. The number of carbonyl (C=O) groups is 4. The quantitative estimate of drug-likeness (QED) is 0.224. The number of likely N-dealkylation sites (tertiary alicyclic amines) is 1. The number of amides is 2. The molecule has 4 rings (SSSR count). The minimum Gasteiger partial charge on any atom is -0.479 e. The number of carboxylic acids is 1. The smallest absolute Gasteiger partial charge is 0.407 e. The second-order valence-electron chi connectivity index (χ2n) is 11.7. The maximum Gasteiger partial charge on any atom is 0.407 e. The molecule has 1 fully saturated rings. The highest BCUT2D eigenvalue weighted by Crippen LogP contribution is 2.45. The maximum absolute atomic E-state index is 13.5. The van der Waals surface area contributed by atoms with Gasteiger partial charge in [-0.15, -0.1) is 0 Å². The Morgan fingerprint density at radius 3 is 2.20 bits per heavy atom. The summed E-state index contributed by atoms with van der Waals surface area (Å²) in [6, 6.07) is 15.0. The number of carboxylic acid groups (broad SMARTS) is 1. The average molecular weight is 566 g/mol. The van der Waals surface area contributed by atoms with Crippen molar-refractivity contribution in [2.75, 3.05) is 19.7 Å². The molecule has 0 saturated carbocycles. The fourth-order valence-corrected chi connectivity index (χ4v) is 5.68. The van der Waals surface area contributed by atoms with Gasteiger partial charge in [0.1, 0.15) is 12.2 Å². The first-order valence-corrected chi connectivity index (χ1v) is 14.1. The number of fused-ring (bicyclic) bond motifs is 3. The standard InChI is InChI=1S/C31H39N3O7/c1-30(2,3)41-29(39)33-16-10-4-5-15-26(35)34-18-20(32)17-31(34,27(36)37)28(38)40-19-25-23-13-8-6-11-21(23)22-12-7-9-14-24(22)25/h6-9,11-14,20,25H,4-5,10,15-19,32H2,1-3H3,(H,33,39)(H,36,37)/t20-,31-/m0/s1. The molecule has 2 amide bonds. The van der Waals surface area contributed by atoms with Gasteiger partial charge in [0, 0.05) is 37.9 Å². The lowest BCUT2D eigenvalue weighted by atomic mass is 9.94. The van der Waals surface area contributed by atoms with Crippen molar-refractivity contribution in [1.29, 1.82) is 0 Å². The van der Waals surface area contributed by atoms with E-state index in [0.717, 1.165) is 27.2 Å². The normalized spacial score (nSPS) is 19.8. The Bertz CT molecular complexity index is 1260. The molecule has 1 aliphatic carbocycles. The highest BCUT2D eigenvalue weighted by atomic mass is 16.6. The van der Waals surface area contributed by atoms with Gasteiger partial charge in [0.15, 0.2) is 0 Å². The van der Waals surface area contributed by atoms with Crippen LogP contribution < -0.4 is 11.1 Å². The largest absolute Gasteiger partial charge is 0.479 e. The molecular weight excluding hydrogens is 526 g/mol. The minimum atomic E-state index is -2.17. The Labute approximate surface area is 240 Å². The van der Waals surface area contributed by atoms with Crippen molar-refractivity contribution in [2.24, 2.45) is 5.73 Å². The van der Waals surface area contributed by atoms with E-state index in [4.69, 9.17) is 15.2 Å². The SMILES string of the molecule is CC(C)(C)OC(=O)NCCCCCC(=O)N1C[C@@H](N)C[C@]1(C(=O)O)C(=O)OCC1c2ccccc2-c2ccccc21. The van der Waals surface area contributed by atoms with Gasteiger partial charge < -0.3 is 30.5 Å². The van der Waals surface area contributed by atoms with Crippen LogP contribution in [0.1, 0.15) is 69.9 Å². The van der Waals surface area contributed by atoms with Crippen LogP contribution in [0.5, 0.6) is 0 Å². The molecule has 0 unspecified atom stereocenters. The van der Waals surface area contributed by atoms with Gasteiger partial charge in [0.2, 0.25) is 11.4 Å². The van der Waals surface area contributed by atoms with E-state index >= 15 is 0 Å². The molecule has 0 bridgehead atoms. The first-order valence-electron chi connectivity index (χ1n) is 14.1.